The van der Waals surface area contributed by atoms with E-state index < -0.39 is 10.8 Å². The number of anilines is 2. The molecule has 108 valence electrons. The number of carbonyl (C=O) groups excluding carboxylic acids is 1. The number of phenolic OH excluding ortho intramolecular Hbond substituents is 1. The zero-order valence-corrected chi connectivity index (χ0v) is 12.1. The largest absolute Gasteiger partial charge is 0.506 e. The molecule has 8 heteroatoms. The first kappa shape index (κ1) is 14.8. The van der Waals surface area contributed by atoms with Gasteiger partial charge in [0.2, 0.25) is 0 Å². The number of rotatable bonds is 3. The molecule has 21 heavy (non-hydrogen) atoms. The van der Waals surface area contributed by atoms with Crippen molar-refractivity contribution in [2.24, 2.45) is 0 Å². The highest BCUT2D eigenvalue weighted by Gasteiger charge is 2.13. The highest BCUT2D eigenvalue weighted by Crippen LogP contribution is 2.28. The molecule has 2 aromatic rings. The second-order valence-electron chi connectivity index (χ2n) is 4.19. The van der Waals surface area contributed by atoms with Crippen LogP contribution in [0.25, 0.3) is 0 Å². The van der Waals surface area contributed by atoms with E-state index in [2.05, 4.69) is 21.2 Å². The SMILES string of the molecule is Nc1cc(Br)cc(C(=O)Nc2ccc([N+](=O)[O-])cc2O)c1. The van der Waals surface area contributed by atoms with Crippen LogP contribution in [0.3, 0.4) is 0 Å². The number of phenols is 1. The van der Waals surface area contributed by atoms with Crippen molar-refractivity contribution in [2.45, 2.75) is 0 Å². The van der Waals surface area contributed by atoms with E-state index in [0.717, 1.165) is 6.07 Å². The minimum Gasteiger partial charge on any atom is -0.506 e. The summed E-state index contributed by atoms with van der Waals surface area (Å²) in [7, 11) is 0. The first-order chi connectivity index (χ1) is 9.86. The van der Waals surface area contributed by atoms with E-state index >= 15 is 0 Å². The van der Waals surface area contributed by atoms with Crippen molar-refractivity contribution in [3.63, 3.8) is 0 Å². The average molecular weight is 352 g/mol. The first-order valence-electron chi connectivity index (χ1n) is 5.71. The number of halogens is 1. The normalized spacial score (nSPS) is 10.1. The number of amides is 1. The molecule has 0 heterocycles. The Morgan fingerprint density at radius 1 is 1.29 bits per heavy atom. The number of nitrogen functional groups attached to an aromatic ring is 1. The number of benzene rings is 2. The van der Waals surface area contributed by atoms with Gasteiger partial charge >= 0.3 is 0 Å². The molecule has 0 aliphatic heterocycles. The maximum absolute atomic E-state index is 12.1. The molecule has 0 saturated carbocycles. The lowest BCUT2D eigenvalue weighted by Crippen LogP contribution is -2.12. The van der Waals surface area contributed by atoms with Crippen molar-refractivity contribution >= 4 is 38.9 Å². The van der Waals surface area contributed by atoms with Crippen LogP contribution in [0.5, 0.6) is 5.75 Å². The van der Waals surface area contributed by atoms with E-state index in [1.807, 2.05) is 0 Å². The van der Waals surface area contributed by atoms with Crippen molar-refractivity contribution < 1.29 is 14.8 Å². The molecule has 4 N–H and O–H groups in total. The number of nitrogens with two attached hydrogens (primary N) is 1. The van der Waals surface area contributed by atoms with Crippen LogP contribution in [0.4, 0.5) is 17.1 Å². The molecule has 0 aliphatic carbocycles. The second kappa shape index (κ2) is 5.80. The minimum atomic E-state index is -0.639. The van der Waals surface area contributed by atoms with Gasteiger partial charge in [-0.2, -0.15) is 0 Å². The number of nitro benzene ring substituents is 1. The quantitative estimate of drug-likeness (QED) is 0.340. The fourth-order valence-electron chi connectivity index (χ4n) is 1.68. The Bertz CT molecular complexity index is 713. The van der Waals surface area contributed by atoms with Gasteiger partial charge in [0.15, 0.2) is 0 Å². The van der Waals surface area contributed by atoms with Crippen molar-refractivity contribution in [3.8, 4) is 5.75 Å². The molecule has 1 amide bonds. The smallest absolute Gasteiger partial charge is 0.273 e. The van der Waals surface area contributed by atoms with Crippen LogP contribution in [-0.4, -0.2) is 15.9 Å². The Kier molecular flexibility index (Phi) is 4.08. The molecule has 0 saturated heterocycles. The number of hydrogen-bond acceptors (Lipinski definition) is 5. The molecule has 0 unspecified atom stereocenters. The summed E-state index contributed by atoms with van der Waals surface area (Å²) in [4.78, 5) is 22.0. The van der Waals surface area contributed by atoms with Crippen LogP contribution in [0, 0.1) is 10.1 Å². The van der Waals surface area contributed by atoms with Gasteiger partial charge in [0.05, 0.1) is 16.7 Å². The molecule has 0 fully saturated rings. The molecule has 0 atom stereocenters. The minimum absolute atomic E-state index is 0.0733. The van der Waals surface area contributed by atoms with E-state index in [0.29, 0.717) is 15.7 Å². The number of carbonyl (C=O) groups is 1. The van der Waals surface area contributed by atoms with E-state index in [1.54, 1.807) is 12.1 Å². The topological polar surface area (TPSA) is 118 Å². The Balaban J connectivity index is 2.25. The van der Waals surface area contributed by atoms with Gasteiger partial charge in [0.1, 0.15) is 5.75 Å². The van der Waals surface area contributed by atoms with Gasteiger partial charge in [0.25, 0.3) is 11.6 Å². The number of non-ortho nitro benzene ring substituents is 1. The number of hydrogen-bond donors (Lipinski definition) is 3. The highest BCUT2D eigenvalue weighted by molar-refractivity contribution is 9.10. The Morgan fingerprint density at radius 2 is 2.00 bits per heavy atom. The van der Waals surface area contributed by atoms with Gasteiger partial charge < -0.3 is 16.2 Å². The summed E-state index contributed by atoms with van der Waals surface area (Å²) in [6, 6.07) is 8.08. The average Bonchev–Trinajstić information content (AvgIpc) is 2.39. The van der Waals surface area contributed by atoms with E-state index in [-0.39, 0.29) is 17.1 Å². The maximum Gasteiger partial charge on any atom is 0.273 e. The molecule has 0 aromatic heterocycles. The number of aromatic hydroxyl groups is 1. The van der Waals surface area contributed by atoms with Crippen LogP contribution >= 0.6 is 15.9 Å². The molecule has 0 radical (unpaired) electrons. The third kappa shape index (κ3) is 3.48. The van der Waals surface area contributed by atoms with Gasteiger partial charge in [0, 0.05) is 21.8 Å². The zero-order valence-electron chi connectivity index (χ0n) is 10.5. The van der Waals surface area contributed by atoms with Crippen LogP contribution < -0.4 is 11.1 Å². The van der Waals surface area contributed by atoms with Gasteiger partial charge in [-0.15, -0.1) is 0 Å². The van der Waals surface area contributed by atoms with Crippen molar-refractivity contribution in [2.75, 3.05) is 11.1 Å². The third-order valence-electron chi connectivity index (χ3n) is 2.62. The van der Waals surface area contributed by atoms with E-state index in [4.69, 9.17) is 5.73 Å². The molecule has 2 aromatic carbocycles. The zero-order chi connectivity index (χ0) is 15.6. The van der Waals surface area contributed by atoms with Crippen molar-refractivity contribution in [3.05, 3.63) is 56.5 Å². The Labute approximate surface area is 127 Å². The van der Waals surface area contributed by atoms with Gasteiger partial charge in [-0.1, -0.05) is 15.9 Å². The maximum atomic E-state index is 12.1. The summed E-state index contributed by atoms with van der Waals surface area (Å²) < 4.78 is 0.639. The van der Waals surface area contributed by atoms with Gasteiger partial charge in [-0.05, 0) is 24.3 Å². The lowest BCUT2D eigenvalue weighted by atomic mass is 10.2. The predicted octanol–water partition coefficient (Wildman–Crippen LogP) is 2.90. The van der Waals surface area contributed by atoms with Crippen LogP contribution in [0.15, 0.2) is 40.9 Å². The van der Waals surface area contributed by atoms with Crippen LogP contribution in [-0.2, 0) is 0 Å². The Morgan fingerprint density at radius 3 is 2.57 bits per heavy atom. The van der Waals surface area contributed by atoms with Crippen LogP contribution in [0.2, 0.25) is 0 Å². The number of nitrogens with zero attached hydrogens (tertiary/aromatic N) is 1. The summed E-state index contributed by atoms with van der Waals surface area (Å²) in [6.45, 7) is 0. The third-order valence-corrected chi connectivity index (χ3v) is 3.08. The molecular formula is C13H10BrN3O4. The summed E-state index contributed by atoms with van der Waals surface area (Å²) in [6.07, 6.45) is 0. The number of nitrogens with one attached hydrogen (secondary N) is 1. The lowest BCUT2D eigenvalue weighted by Gasteiger charge is -2.08. The summed E-state index contributed by atoms with van der Waals surface area (Å²) in [5.41, 5.74) is 6.14. The summed E-state index contributed by atoms with van der Waals surface area (Å²) >= 11 is 3.22. The summed E-state index contributed by atoms with van der Waals surface area (Å²) in [5, 5.41) is 22.7. The van der Waals surface area contributed by atoms with E-state index in [9.17, 15) is 20.0 Å². The van der Waals surface area contributed by atoms with Gasteiger partial charge in [-0.25, -0.2) is 0 Å². The molecule has 0 spiro atoms. The molecule has 7 nitrogen and oxygen atoms in total. The summed E-state index contributed by atoms with van der Waals surface area (Å²) in [5.74, 6) is -0.882. The molecule has 0 bridgehead atoms. The van der Waals surface area contributed by atoms with Crippen LogP contribution in [0.1, 0.15) is 10.4 Å². The molecular weight excluding hydrogens is 342 g/mol. The van der Waals surface area contributed by atoms with E-state index in [1.165, 1.54) is 18.2 Å². The molecule has 2 rings (SSSR count). The lowest BCUT2D eigenvalue weighted by molar-refractivity contribution is -0.384. The van der Waals surface area contributed by atoms with Gasteiger partial charge in [-0.3, -0.25) is 14.9 Å². The fourth-order valence-corrected chi connectivity index (χ4v) is 2.19. The monoisotopic (exact) mass is 351 g/mol. The highest BCUT2D eigenvalue weighted by atomic mass is 79.9. The number of nitro groups is 1. The Hall–Kier alpha value is -2.61. The van der Waals surface area contributed by atoms with Crippen molar-refractivity contribution in [1.82, 2.24) is 0 Å². The standard InChI is InChI=1S/C13H10BrN3O4/c14-8-3-7(4-9(15)5-8)13(19)16-11-2-1-10(17(20)21)6-12(11)18/h1-6,18H,15H2,(H,16,19). The molecule has 0 aliphatic rings. The second-order valence-corrected chi connectivity index (χ2v) is 5.10. The first-order valence-corrected chi connectivity index (χ1v) is 6.51. The van der Waals surface area contributed by atoms with Crippen molar-refractivity contribution in [1.29, 1.82) is 0 Å². The fraction of sp³-hybridized carbons (Fsp3) is 0. The predicted molar refractivity (Wildman–Crippen MR) is 81.3 cm³/mol.